The molecule has 0 saturated carbocycles. The third kappa shape index (κ3) is 3.95. The molecule has 1 N–H and O–H groups in total. The van der Waals surface area contributed by atoms with Gasteiger partial charge >= 0.3 is 0 Å². The zero-order valence-electron chi connectivity index (χ0n) is 16.0. The molecule has 0 aliphatic carbocycles. The number of hydrogen-bond acceptors (Lipinski definition) is 4. The first-order chi connectivity index (χ1) is 14.4. The number of aromatic nitrogens is 1. The summed E-state index contributed by atoms with van der Waals surface area (Å²) < 4.78 is 0. The standard InChI is InChI=1S/C23H17Cl2N3O2/c1-14-2-5-18(25)12-19(14)27-21-20(16-3-6-17(24)7-4-16)22(29)28(23(21)30)13-15-8-10-26-11-9-15/h2-12,27H,13H2,1H3. The van der Waals surface area contributed by atoms with Gasteiger partial charge in [0.2, 0.25) is 0 Å². The molecule has 0 spiro atoms. The molecule has 2 aromatic carbocycles. The summed E-state index contributed by atoms with van der Waals surface area (Å²) >= 11 is 12.1. The van der Waals surface area contributed by atoms with Crippen LogP contribution in [0, 0.1) is 6.92 Å². The molecule has 5 nitrogen and oxygen atoms in total. The van der Waals surface area contributed by atoms with Gasteiger partial charge in [-0.2, -0.15) is 0 Å². The van der Waals surface area contributed by atoms with E-state index >= 15 is 0 Å². The van der Waals surface area contributed by atoms with Crippen molar-refractivity contribution in [1.29, 1.82) is 0 Å². The van der Waals surface area contributed by atoms with E-state index < -0.39 is 5.91 Å². The quantitative estimate of drug-likeness (QED) is 0.564. The van der Waals surface area contributed by atoms with Crippen LogP contribution in [-0.4, -0.2) is 21.7 Å². The van der Waals surface area contributed by atoms with Gasteiger partial charge in [-0.25, -0.2) is 0 Å². The zero-order chi connectivity index (χ0) is 21.3. The summed E-state index contributed by atoms with van der Waals surface area (Å²) in [6, 6.07) is 15.7. The van der Waals surface area contributed by atoms with Crippen LogP contribution < -0.4 is 5.32 Å². The Bertz CT molecular complexity index is 1160. The Morgan fingerprint density at radius 2 is 1.57 bits per heavy atom. The van der Waals surface area contributed by atoms with Crippen LogP contribution >= 0.6 is 23.2 Å². The van der Waals surface area contributed by atoms with Crippen LogP contribution in [0.25, 0.3) is 5.57 Å². The van der Waals surface area contributed by atoms with Gasteiger partial charge in [-0.3, -0.25) is 19.5 Å². The fraction of sp³-hybridized carbons (Fsp3) is 0.0870. The molecule has 0 radical (unpaired) electrons. The first-order valence-electron chi connectivity index (χ1n) is 9.22. The molecule has 1 aliphatic heterocycles. The third-order valence-electron chi connectivity index (χ3n) is 4.85. The number of amides is 2. The van der Waals surface area contributed by atoms with E-state index in [1.807, 2.05) is 13.0 Å². The van der Waals surface area contributed by atoms with Gasteiger partial charge < -0.3 is 5.32 Å². The van der Waals surface area contributed by atoms with Crippen molar-refractivity contribution in [2.24, 2.45) is 0 Å². The number of imide groups is 1. The number of halogens is 2. The van der Waals surface area contributed by atoms with E-state index in [4.69, 9.17) is 23.2 Å². The summed E-state index contributed by atoms with van der Waals surface area (Å²) in [5.41, 5.74) is 3.48. The topological polar surface area (TPSA) is 62.3 Å². The molecule has 30 heavy (non-hydrogen) atoms. The van der Waals surface area contributed by atoms with Crippen LogP contribution in [0.3, 0.4) is 0 Å². The van der Waals surface area contributed by atoms with Gasteiger partial charge in [0.05, 0.1) is 12.1 Å². The Hall–Kier alpha value is -3.15. The Morgan fingerprint density at radius 3 is 2.27 bits per heavy atom. The number of rotatable bonds is 5. The van der Waals surface area contributed by atoms with Crippen LogP contribution in [-0.2, 0) is 16.1 Å². The van der Waals surface area contributed by atoms with Gasteiger partial charge in [-0.15, -0.1) is 0 Å². The van der Waals surface area contributed by atoms with E-state index in [1.165, 1.54) is 4.90 Å². The van der Waals surface area contributed by atoms with Crippen molar-refractivity contribution >= 4 is 46.3 Å². The van der Waals surface area contributed by atoms with Crippen molar-refractivity contribution in [1.82, 2.24) is 9.88 Å². The SMILES string of the molecule is Cc1ccc(Cl)cc1NC1=C(c2ccc(Cl)cc2)C(=O)N(Cc2ccncc2)C1=O. The van der Waals surface area contributed by atoms with Crippen molar-refractivity contribution < 1.29 is 9.59 Å². The second-order valence-electron chi connectivity index (χ2n) is 6.89. The van der Waals surface area contributed by atoms with Gasteiger partial charge in [0.15, 0.2) is 0 Å². The van der Waals surface area contributed by atoms with Crippen molar-refractivity contribution in [3.8, 4) is 0 Å². The zero-order valence-corrected chi connectivity index (χ0v) is 17.5. The van der Waals surface area contributed by atoms with E-state index in [2.05, 4.69) is 10.3 Å². The van der Waals surface area contributed by atoms with Crippen molar-refractivity contribution in [3.05, 3.63) is 99.4 Å². The van der Waals surface area contributed by atoms with E-state index in [0.717, 1.165) is 11.1 Å². The maximum absolute atomic E-state index is 13.3. The van der Waals surface area contributed by atoms with Gasteiger partial charge in [-0.05, 0) is 60.0 Å². The van der Waals surface area contributed by atoms with Crippen LogP contribution in [0.4, 0.5) is 5.69 Å². The van der Waals surface area contributed by atoms with E-state index in [1.54, 1.807) is 60.9 Å². The molecule has 0 saturated heterocycles. The fourth-order valence-electron chi connectivity index (χ4n) is 3.25. The summed E-state index contributed by atoms with van der Waals surface area (Å²) in [4.78, 5) is 31.8. The van der Waals surface area contributed by atoms with E-state index in [0.29, 0.717) is 26.9 Å². The number of hydrogen-bond donors (Lipinski definition) is 1. The van der Waals surface area contributed by atoms with Crippen molar-refractivity contribution in [2.75, 3.05) is 5.32 Å². The summed E-state index contributed by atoms with van der Waals surface area (Å²) in [5.74, 6) is -0.776. The highest BCUT2D eigenvalue weighted by molar-refractivity contribution is 6.37. The first kappa shape index (κ1) is 20.1. The number of nitrogens with zero attached hydrogens (tertiary/aromatic N) is 2. The van der Waals surface area contributed by atoms with Gasteiger partial charge in [0, 0.05) is 28.1 Å². The summed E-state index contributed by atoms with van der Waals surface area (Å²) in [5, 5.41) is 4.22. The smallest absolute Gasteiger partial charge is 0.278 e. The second kappa shape index (κ2) is 8.30. The van der Waals surface area contributed by atoms with Gasteiger partial charge in [0.25, 0.3) is 11.8 Å². The molecule has 1 aliphatic rings. The summed E-state index contributed by atoms with van der Waals surface area (Å²) in [6.07, 6.45) is 3.25. The predicted octanol–water partition coefficient (Wildman–Crippen LogP) is 5.09. The number of carbonyl (C=O) groups is 2. The molecule has 0 bridgehead atoms. The largest absolute Gasteiger partial charge is 0.350 e. The fourth-order valence-corrected chi connectivity index (χ4v) is 3.55. The summed E-state index contributed by atoms with van der Waals surface area (Å²) in [7, 11) is 0. The molecule has 2 amide bonds. The molecule has 0 unspecified atom stereocenters. The number of pyridine rings is 1. The lowest BCUT2D eigenvalue weighted by Crippen LogP contribution is -2.32. The van der Waals surface area contributed by atoms with Crippen LogP contribution in [0.15, 0.2) is 72.7 Å². The van der Waals surface area contributed by atoms with Crippen molar-refractivity contribution in [2.45, 2.75) is 13.5 Å². The average Bonchev–Trinajstić information content (AvgIpc) is 2.96. The maximum Gasteiger partial charge on any atom is 0.278 e. The number of carbonyl (C=O) groups excluding carboxylic acids is 2. The van der Waals surface area contributed by atoms with Gasteiger partial charge in [-0.1, -0.05) is 41.4 Å². The monoisotopic (exact) mass is 437 g/mol. The Labute approximate surface area is 183 Å². The minimum atomic E-state index is -0.402. The minimum Gasteiger partial charge on any atom is -0.350 e. The number of benzene rings is 2. The Kier molecular flexibility index (Phi) is 5.57. The molecule has 3 aromatic rings. The average molecular weight is 438 g/mol. The number of nitrogens with one attached hydrogen (secondary N) is 1. The molecule has 1 aromatic heterocycles. The molecule has 0 atom stereocenters. The molecule has 7 heteroatoms. The summed E-state index contributed by atoms with van der Waals surface area (Å²) in [6.45, 7) is 2.05. The van der Waals surface area contributed by atoms with Crippen molar-refractivity contribution in [3.63, 3.8) is 0 Å². The third-order valence-corrected chi connectivity index (χ3v) is 5.34. The van der Waals surface area contributed by atoms with Gasteiger partial charge in [0.1, 0.15) is 5.70 Å². The molecule has 150 valence electrons. The second-order valence-corrected chi connectivity index (χ2v) is 7.77. The molecular weight excluding hydrogens is 421 g/mol. The molecule has 4 rings (SSSR count). The van der Waals surface area contributed by atoms with E-state index in [9.17, 15) is 9.59 Å². The number of aryl methyl sites for hydroxylation is 1. The lowest BCUT2D eigenvalue weighted by molar-refractivity contribution is -0.137. The Morgan fingerprint density at radius 1 is 0.900 bits per heavy atom. The van der Waals surface area contributed by atoms with Crippen LogP contribution in [0.5, 0.6) is 0 Å². The van der Waals surface area contributed by atoms with Crippen LogP contribution in [0.1, 0.15) is 16.7 Å². The minimum absolute atomic E-state index is 0.150. The lowest BCUT2D eigenvalue weighted by atomic mass is 10.0. The maximum atomic E-state index is 13.3. The van der Waals surface area contributed by atoms with Crippen LogP contribution in [0.2, 0.25) is 10.0 Å². The highest BCUT2D eigenvalue weighted by Crippen LogP contribution is 2.33. The lowest BCUT2D eigenvalue weighted by Gasteiger charge is -2.15. The highest BCUT2D eigenvalue weighted by Gasteiger charge is 2.39. The molecule has 0 fully saturated rings. The highest BCUT2D eigenvalue weighted by atomic mass is 35.5. The first-order valence-corrected chi connectivity index (χ1v) is 9.98. The Balaban J connectivity index is 1.77. The normalized spacial score (nSPS) is 13.9. The molecular formula is C23H17Cl2N3O2. The predicted molar refractivity (Wildman–Crippen MR) is 118 cm³/mol. The molecule has 2 heterocycles. The van der Waals surface area contributed by atoms with E-state index in [-0.39, 0.29) is 18.1 Å². The number of anilines is 1.